The molecule has 0 bridgehead atoms. The zero-order valence-corrected chi connectivity index (χ0v) is 11.5. The molecule has 98 valence electrons. The molecule has 0 aromatic heterocycles. The second kappa shape index (κ2) is 4.28. The number of rotatable bonds is 2. The fourth-order valence-corrected chi connectivity index (χ4v) is 1.97. The summed E-state index contributed by atoms with van der Waals surface area (Å²) in [6, 6.07) is 5.24. The minimum absolute atomic E-state index is 0.321. The Kier molecular flexibility index (Phi) is 2.35. The summed E-state index contributed by atoms with van der Waals surface area (Å²) in [6.07, 6.45) is 0. The monoisotopic (exact) mass is 251 g/mol. The first kappa shape index (κ1) is 9.87. The number of hydrogen-bond acceptors (Lipinski definition) is 3. The first-order valence-electron chi connectivity index (χ1n) is 7.57. The van der Waals surface area contributed by atoms with Crippen molar-refractivity contribution >= 4 is 12.6 Å². The van der Waals surface area contributed by atoms with Crippen LogP contribution in [-0.2, 0) is 9.31 Å². The molecule has 0 unspecified atom stereocenters. The van der Waals surface area contributed by atoms with E-state index >= 15 is 0 Å². The van der Waals surface area contributed by atoms with Crippen LogP contribution in [0.3, 0.4) is 0 Å². The van der Waals surface area contributed by atoms with Gasteiger partial charge in [0.2, 0.25) is 0 Å². The third-order valence-corrected chi connectivity index (χ3v) is 3.94. The molecule has 1 fully saturated rings. The van der Waals surface area contributed by atoms with Crippen LogP contribution in [-0.4, -0.2) is 25.4 Å². The summed E-state index contributed by atoms with van der Waals surface area (Å²) in [5.41, 5.74) is 0.623. The van der Waals surface area contributed by atoms with E-state index in [9.17, 15) is 0 Å². The van der Waals surface area contributed by atoms with Crippen molar-refractivity contribution in [3.63, 3.8) is 0 Å². The van der Waals surface area contributed by atoms with Gasteiger partial charge < -0.3 is 14.0 Å². The topological polar surface area (TPSA) is 27.7 Å². The van der Waals surface area contributed by atoms with E-state index < -0.39 is 25.4 Å². The molecule has 0 N–H and O–H groups in total. The molecule has 1 aromatic carbocycles. The third kappa shape index (κ3) is 2.04. The van der Waals surface area contributed by atoms with Crippen LogP contribution >= 0.6 is 0 Å². The zero-order valence-electron chi connectivity index (χ0n) is 14.5. The maximum Gasteiger partial charge on any atom is 0.495 e. The van der Waals surface area contributed by atoms with E-state index in [0.29, 0.717) is 11.3 Å². The highest BCUT2D eigenvalue weighted by Gasteiger charge is 2.52. The van der Waals surface area contributed by atoms with Gasteiger partial charge in [-0.15, -0.1) is 0 Å². The Hall–Kier alpha value is -0.995. The summed E-state index contributed by atoms with van der Waals surface area (Å²) >= 11 is 0. The van der Waals surface area contributed by atoms with E-state index in [1.165, 1.54) is 0 Å². The third-order valence-electron chi connectivity index (χ3n) is 3.94. The SMILES string of the molecule is [2H]C([2H])([2H])Oc1cccc(B2OC(C)(C)C(C)(C)O2)c1C. The minimum Gasteiger partial charge on any atom is -0.497 e. The quantitative estimate of drug-likeness (QED) is 0.755. The van der Waals surface area contributed by atoms with Gasteiger partial charge in [0, 0.05) is 0 Å². The van der Waals surface area contributed by atoms with Crippen LogP contribution in [0.15, 0.2) is 18.2 Å². The van der Waals surface area contributed by atoms with E-state index in [1.807, 2.05) is 33.8 Å². The van der Waals surface area contributed by atoms with E-state index in [4.69, 9.17) is 18.2 Å². The summed E-state index contributed by atoms with van der Waals surface area (Å²) in [4.78, 5) is 0. The number of methoxy groups -OCH3 is 1. The lowest BCUT2D eigenvalue weighted by Gasteiger charge is -2.32. The first-order valence-corrected chi connectivity index (χ1v) is 6.07. The van der Waals surface area contributed by atoms with Crippen LogP contribution < -0.4 is 10.2 Å². The lowest BCUT2D eigenvalue weighted by molar-refractivity contribution is 0.00578. The molecule has 0 amide bonds. The Balaban J connectivity index is 2.33. The van der Waals surface area contributed by atoms with Crippen LogP contribution in [0.5, 0.6) is 5.75 Å². The van der Waals surface area contributed by atoms with E-state index in [0.717, 1.165) is 5.46 Å². The van der Waals surface area contributed by atoms with E-state index in [-0.39, 0.29) is 0 Å². The molecular formula is C14H21BO3. The van der Waals surface area contributed by atoms with Crippen molar-refractivity contribution in [1.82, 2.24) is 0 Å². The van der Waals surface area contributed by atoms with E-state index in [1.54, 1.807) is 19.1 Å². The molecule has 18 heavy (non-hydrogen) atoms. The molecule has 1 saturated heterocycles. The summed E-state index contributed by atoms with van der Waals surface area (Å²) < 4.78 is 38.7. The summed E-state index contributed by atoms with van der Waals surface area (Å²) in [7, 11) is -3.01. The van der Waals surface area contributed by atoms with Gasteiger partial charge >= 0.3 is 7.12 Å². The standard InChI is InChI=1S/C14H21BO3/c1-10-11(8-7-9-12(10)16-6)15-17-13(2,3)14(4,5)18-15/h7-9H,1-6H3/i6D3. The van der Waals surface area contributed by atoms with Gasteiger partial charge in [-0.1, -0.05) is 12.1 Å². The lowest BCUT2D eigenvalue weighted by Crippen LogP contribution is -2.41. The van der Waals surface area contributed by atoms with Gasteiger partial charge in [-0.3, -0.25) is 0 Å². The van der Waals surface area contributed by atoms with E-state index in [2.05, 4.69) is 0 Å². The molecule has 1 heterocycles. The molecule has 1 aliphatic heterocycles. The zero-order chi connectivity index (χ0) is 16.1. The van der Waals surface area contributed by atoms with Crippen molar-refractivity contribution in [1.29, 1.82) is 0 Å². The van der Waals surface area contributed by atoms with Crippen molar-refractivity contribution in [2.75, 3.05) is 7.04 Å². The average Bonchev–Trinajstić information content (AvgIpc) is 2.49. The van der Waals surface area contributed by atoms with Crippen LogP contribution in [0.25, 0.3) is 0 Å². The predicted molar refractivity (Wildman–Crippen MR) is 73.4 cm³/mol. The van der Waals surface area contributed by atoms with Crippen molar-refractivity contribution in [2.45, 2.75) is 45.8 Å². The smallest absolute Gasteiger partial charge is 0.495 e. The van der Waals surface area contributed by atoms with Crippen molar-refractivity contribution in [2.24, 2.45) is 0 Å². The fourth-order valence-electron chi connectivity index (χ4n) is 1.97. The summed E-state index contributed by atoms with van der Waals surface area (Å²) in [5, 5.41) is 0. The van der Waals surface area contributed by atoms with Gasteiger partial charge in [-0.05, 0) is 51.7 Å². The molecule has 4 heteroatoms. The first-order chi connectivity index (χ1) is 9.43. The van der Waals surface area contributed by atoms with Crippen molar-refractivity contribution in [3.05, 3.63) is 23.8 Å². The van der Waals surface area contributed by atoms with Crippen molar-refractivity contribution < 1.29 is 18.2 Å². The Bertz CT molecular complexity index is 525. The molecule has 2 rings (SSSR count). The van der Waals surface area contributed by atoms with Crippen LogP contribution in [0.1, 0.15) is 37.4 Å². The van der Waals surface area contributed by atoms with Crippen LogP contribution in [0.2, 0.25) is 0 Å². The second-order valence-electron chi connectivity index (χ2n) is 5.66. The lowest BCUT2D eigenvalue weighted by atomic mass is 9.76. The summed E-state index contributed by atoms with van der Waals surface area (Å²) in [5.74, 6) is 0.321. The van der Waals surface area contributed by atoms with Crippen molar-refractivity contribution in [3.8, 4) is 5.75 Å². The van der Waals surface area contributed by atoms with Gasteiger partial charge in [0.15, 0.2) is 0 Å². The van der Waals surface area contributed by atoms with Crippen LogP contribution in [0, 0.1) is 6.92 Å². The molecule has 0 spiro atoms. The fraction of sp³-hybridized carbons (Fsp3) is 0.571. The maximum absolute atomic E-state index is 7.22. The van der Waals surface area contributed by atoms with Gasteiger partial charge in [0.25, 0.3) is 0 Å². The molecule has 1 aromatic rings. The molecule has 0 aliphatic carbocycles. The highest BCUT2D eigenvalue weighted by molar-refractivity contribution is 6.62. The number of ether oxygens (including phenoxy) is 1. The van der Waals surface area contributed by atoms with Gasteiger partial charge in [0.1, 0.15) is 5.75 Å². The number of hydrogen-bond donors (Lipinski definition) is 0. The molecule has 3 nitrogen and oxygen atoms in total. The Labute approximate surface area is 114 Å². The predicted octanol–water partition coefficient (Wildman–Crippen LogP) is 2.30. The maximum atomic E-state index is 7.22. The summed E-state index contributed by atoms with van der Waals surface area (Å²) in [6.45, 7) is 9.72. The minimum atomic E-state index is -2.47. The molecule has 0 radical (unpaired) electrons. The molecule has 0 atom stereocenters. The normalized spacial score (nSPS) is 24.3. The Morgan fingerprint density at radius 1 is 1.17 bits per heavy atom. The van der Waals surface area contributed by atoms with Crippen LogP contribution in [0.4, 0.5) is 0 Å². The number of benzene rings is 1. The Morgan fingerprint density at radius 3 is 2.33 bits per heavy atom. The largest absolute Gasteiger partial charge is 0.497 e. The molecule has 0 saturated carbocycles. The molecular weight excluding hydrogens is 227 g/mol. The second-order valence-corrected chi connectivity index (χ2v) is 5.66. The van der Waals surface area contributed by atoms with Gasteiger partial charge in [-0.25, -0.2) is 0 Å². The average molecular weight is 251 g/mol. The van der Waals surface area contributed by atoms with Gasteiger partial charge in [-0.2, -0.15) is 0 Å². The highest BCUT2D eigenvalue weighted by atomic mass is 16.7. The van der Waals surface area contributed by atoms with Gasteiger partial charge in [0.05, 0.1) is 22.4 Å². The highest BCUT2D eigenvalue weighted by Crippen LogP contribution is 2.37. The Morgan fingerprint density at radius 2 is 1.78 bits per heavy atom. The molecule has 1 aliphatic rings.